The van der Waals surface area contributed by atoms with E-state index in [1.54, 1.807) is 20.8 Å². The molecular weight excluding hydrogens is 371 g/mol. The van der Waals surface area contributed by atoms with Gasteiger partial charge in [-0.05, 0) is 39.0 Å². The number of rotatable bonds is 3. The van der Waals surface area contributed by atoms with Crippen molar-refractivity contribution >= 4 is 29.4 Å². The van der Waals surface area contributed by atoms with E-state index in [1.165, 1.54) is 24.1 Å². The summed E-state index contributed by atoms with van der Waals surface area (Å²) in [6.45, 7) is 5.33. The lowest BCUT2D eigenvalue weighted by molar-refractivity contribution is -0.138. The van der Waals surface area contributed by atoms with Gasteiger partial charge in [0.15, 0.2) is 5.37 Å². The third-order valence-corrected chi connectivity index (χ3v) is 4.53. The second-order valence-electron chi connectivity index (χ2n) is 6.65. The maximum absolute atomic E-state index is 12.9. The summed E-state index contributed by atoms with van der Waals surface area (Å²) in [5, 5.41) is 2.59. The fourth-order valence-corrected chi connectivity index (χ4v) is 3.45. The third-order valence-electron chi connectivity index (χ3n) is 3.42. The van der Waals surface area contributed by atoms with Gasteiger partial charge < -0.3 is 5.32 Å². The Kier molecular flexibility index (Phi) is 5.76. The highest BCUT2D eigenvalue weighted by atomic mass is 32.2. The van der Waals surface area contributed by atoms with E-state index in [4.69, 9.17) is 4.84 Å². The van der Waals surface area contributed by atoms with Gasteiger partial charge in [-0.25, -0.2) is 4.79 Å². The number of hydrogen-bond acceptors (Lipinski definition) is 4. The van der Waals surface area contributed by atoms with E-state index in [0.717, 1.165) is 29.0 Å². The Balaban J connectivity index is 2.20. The molecule has 144 valence electrons. The molecule has 0 saturated carbocycles. The molecule has 1 fully saturated rings. The smallest absolute Gasteiger partial charge is 0.332 e. The number of hydrogen-bond donors (Lipinski definition) is 1. The average molecular weight is 391 g/mol. The number of amides is 3. The Bertz CT molecular complexity index is 691. The van der Waals surface area contributed by atoms with E-state index >= 15 is 0 Å². The lowest BCUT2D eigenvalue weighted by Gasteiger charge is -2.29. The average Bonchev–Trinajstić information content (AvgIpc) is 2.87. The number of carbonyl (C=O) groups is 2. The minimum atomic E-state index is -4.50. The van der Waals surface area contributed by atoms with Gasteiger partial charge in [-0.3, -0.25) is 14.5 Å². The van der Waals surface area contributed by atoms with E-state index < -0.39 is 34.6 Å². The lowest BCUT2D eigenvalue weighted by atomic mass is 10.1. The van der Waals surface area contributed by atoms with Crippen molar-refractivity contribution < 1.29 is 27.6 Å². The maximum Gasteiger partial charge on any atom is 0.416 e. The van der Waals surface area contributed by atoms with Gasteiger partial charge in [0.25, 0.3) is 5.91 Å². The van der Waals surface area contributed by atoms with E-state index in [2.05, 4.69) is 5.32 Å². The molecule has 1 aromatic carbocycles. The van der Waals surface area contributed by atoms with Gasteiger partial charge in [0.1, 0.15) is 0 Å². The van der Waals surface area contributed by atoms with Crippen LogP contribution in [-0.4, -0.2) is 40.9 Å². The molecule has 1 aromatic rings. The summed E-state index contributed by atoms with van der Waals surface area (Å²) in [5.41, 5.74) is -1.27. The van der Waals surface area contributed by atoms with E-state index in [-0.39, 0.29) is 11.6 Å². The number of urea groups is 1. The molecule has 1 N–H and O–H groups in total. The second-order valence-corrected chi connectivity index (χ2v) is 7.69. The van der Waals surface area contributed by atoms with Crippen LogP contribution in [0.5, 0.6) is 0 Å². The summed E-state index contributed by atoms with van der Waals surface area (Å²) in [6, 6.07) is 3.91. The third kappa shape index (κ3) is 4.61. The Labute approximate surface area is 153 Å². The van der Waals surface area contributed by atoms with Gasteiger partial charge in [0.05, 0.1) is 18.6 Å². The van der Waals surface area contributed by atoms with Gasteiger partial charge in [-0.15, -0.1) is 11.8 Å². The van der Waals surface area contributed by atoms with Crippen molar-refractivity contribution in [3.63, 3.8) is 0 Å². The molecule has 1 aliphatic heterocycles. The lowest BCUT2D eigenvalue weighted by Crippen LogP contribution is -2.52. The van der Waals surface area contributed by atoms with Gasteiger partial charge >= 0.3 is 12.2 Å². The SMILES string of the molecule is CON(C(=O)NC(C)(C)C)C1SCN(c2cccc(C(F)(F)F)c2)C1=O. The highest BCUT2D eigenvalue weighted by molar-refractivity contribution is 8.01. The fraction of sp³-hybridized carbons (Fsp3) is 0.500. The Morgan fingerprint density at radius 3 is 2.54 bits per heavy atom. The zero-order valence-electron chi connectivity index (χ0n) is 14.8. The van der Waals surface area contributed by atoms with Gasteiger partial charge in [-0.2, -0.15) is 18.2 Å². The summed E-state index contributed by atoms with van der Waals surface area (Å²) in [7, 11) is 1.25. The molecule has 0 aliphatic carbocycles. The Morgan fingerprint density at radius 1 is 1.35 bits per heavy atom. The zero-order valence-corrected chi connectivity index (χ0v) is 15.6. The number of benzene rings is 1. The summed E-state index contributed by atoms with van der Waals surface area (Å²) in [5.74, 6) is -0.423. The molecule has 6 nitrogen and oxygen atoms in total. The predicted octanol–water partition coefficient (Wildman–Crippen LogP) is 3.44. The Morgan fingerprint density at radius 2 is 2.00 bits per heavy atom. The summed E-state index contributed by atoms with van der Waals surface area (Å²) < 4.78 is 38.7. The molecular formula is C16H20F3N3O3S. The van der Waals surface area contributed by atoms with Crippen LogP contribution in [0, 0.1) is 0 Å². The molecule has 1 saturated heterocycles. The normalized spacial score (nSPS) is 18.2. The first-order valence-electron chi connectivity index (χ1n) is 7.70. The zero-order chi connectivity index (χ0) is 19.7. The van der Waals surface area contributed by atoms with Crippen LogP contribution in [0.1, 0.15) is 26.3 Å². The molecule has 3 amide bonds. The van der Waals surface area contributed by atoms with E-state index in [1.807, 2.05) is 0 Å². The molecule has 1 aliphatic rings. The number of halogens is 3. The quantitative estimate of drug-likeness (QED) is 0.802. The minimum absolute atomic E-state index is 0.105. The molecule has 0 spiro atoms. The fourth-order valence-electron chi connectivity index (χ4n) is 2.29. The molecule has 1 atom stereocenters. The van der Waals surface area contributed by atoms with Crippen LogP contribution in [0.15, 0.2) is 24.3 Å². The number of anilines is 1. The van der Waals surface area contributed by atoms with Crippen LogP contribution in [0.25, 0.3) is 0 Å². The summed E-state index contributed by atoms with van der Waals surface area (Å²) >= 11 is 1.09. The summed E-state index contributed by atoms with van der Waals surface area (Å²) in [6.07, 6.45) is -4.50. The van der Waals surface area contributed by atoms with E-state index in [9.17, 15) is 22.8 Å². The number of nitrogens with zero attached hydrogens (tertiary/aromatic N) is 2. The molecule has 0 aromatic heterocycles. The van der Waals surface area contributed by atoms with Crippen molar-refractivity contribution in [3.05, 3.63) is 29.8 Å². The Hall–Kier alpha value is -1.94. The first-order chi connectivity index (χ1) is 11.9. The highest BCUT2D eigenvalue weighted by Crippen LogP contribution is 2.35. The second kappa shape index (κ2) is 7.36. The van der Waals surface area contributed by atoms with Crippen LogP contribution in [0.4, 0.5) is 23.7 Å². The predicted molar refractivity (Wildman–Crippen MR) is 92.3 cm³/mol. The first-order valence-corrected chi connectivity index (χ1v) is 8.74. The van der Waals surface area contributed by atoms with Gasteiger partial charge in [0.2, 0.25) is 0 Å². The van der Waals surface area contributed by atoms with Crippen molar-refractivity contribution in [3.8, 4) is 0 Å². The van der Waals surface area contributed by atoms with Crippen molar-refractivity contribution in [1.29, 1.82) is 0 Å². The van der Waals surface area contributed by atoms with Crippen molar-refractivity contribution in [1.82, 2.24) is 10.4 Å². The number of thioether (sulfide) groups is 1. The standard InChI is InChI=1S/C16H20F3N3O3S/c1-15(2,3)20-14(24)22(25-4)13-12(23)21(9-26-13)11-7-5-6-10(8-11)16(17,18)19/h5-8,13H,9H2,1-4H3,(H,20,24). The molecule has 10 heteroatoms. The highest BCUT2D eigenvalue weighted by Gasteiger charge is 2.41. The molecule has 26 heavy (non-hydrogen) atoms. The van der Waals surface area contributed by atoms with Crippen molar-refractivity contribution in [2.75, 3.05) is 17.9 Å². The van der Waals surface area contributed by atoms with Crippen LogP contribution >= 0.6 is 11.8 Å². The van der Waals surface area contributed by atoms with Gasteiger partial charge in [0, 0.05) is 11.2 Å². The monoisotopic (exact) mass is 391 g/mol. The van der Waals surface area contributed by atoms with Crippen LogP contribution in [0.3, 0.4) is 0 Å². The van der Waals surface area contributed by atoms with Crippen LogP contribution in [0.2, 0.25) is 0 Å². The van der Waals surface area contributed by atoms with E-state index in [0.29, 0.717) is 0 Å². The van der Waals surface area contributed by atoms with Crippen molar-refractivity contribution in [2.24, 2.45) is 0 Å². The number of hydroxylamine groups is 2. The largest absolute Gasteiger partial charge is 0.416 e. The van der Waals surface area contributed by atoms with Gasteiger partial charge in [-0.1, -0.05) is 6.07 Å². The first kappa shape index (κ1) is 20.4. The maximum atomic E-state index is 12.9. The minimum Gasteiger partial charge on any atom is -0.332 e. The molecule has 1 heterocycles. The molecule has 2 rings (SSSR count). The molecule has 0 bridgehead atoms. The van der Waals surface area contributed by atoms with Crippen LogP contribution < -0.4 is 10.2 Å². The number of alkyl halides is 3. The molecule has 1 unspecified atom stereocenters. The summed E-state index contributed by atoms with van der Waals surface area (Å²) in [4.78, 5) is 31.2. The number of carbonyl (C=O) groups excluding carboxylic acids is 2. The topological polar surface area (TPSA) is 61.9 Å². The number of nitrogens with one attached hydrogen (secondary N) is 1. The van der Waals surface area contributed by atoms with Crippen LogP contribution in [-0.2, 0) is 15.8 Å². The van der Waals surface area contributed by atoms with Crippen molar-refractivity contribution in [2.45, 2.75) is 37.9 Å². The molecule has 0 radical (unpaired) electrons.